The van der Waals surface area contributed by atoms with Crippen molar-refractivity contribution in [3.8, 4) is 0 Å². The monoisotopic (exact) mass is 175 g/mol. The fraction of sp³-hybridized carbons (Fsp3) is 0.875. The molecule has 1 N–H and O–H groups in total. The third-order valence-corrected chi connectivity index (χ3v) is 1.62. The van der Waals surface area contributed by atoms with Gasteiger partial charge in [-0.05, 0) is 26.9 Å². The topological polar surface area (TPSA) is 49.8 Å². The fourth-order valence-electron chi connectivity index (χ4n) is 0.918. The Morgan fingerprint density at radius 1 is 1.58 bits per heavy atom. The van der Waals surface area contributed by atoms with Crippen LogP contribution in [0.4, 0.5) is 4.79 Å². The first kappa shape index (κ1) is 11.2. The van der Waals surface area contributed by atoms with Crippen LogP contribution < -0.4 is 0 Å². The Balaban J connectivity index is 3.78. The quantitative estimate of drug-likeness (QED) is 0.511. The average molecular weight is 175 g/mol. The van der Waals surface area contributed by atoms with Crippen molar-refractivity contribution in [2.45, 2.75) is 32.4 Å². The number of rotatable bonds is 5. The molecule has 0 bridgehead atoms. The van der Waals surface area contributed by atoms with Gasteiger partial charge in [0.2, 0.25) is 0 Å². The van der Waals surface area contributed by atoms with Gasteiger partial charge in [0.05, 0.1) is 0 Å². The van der Waals surface area contributed by atoms with Crippen molar-refractivity contribution in [1.82, 2.24) is 4.90 Å². The van der Waals surface area contributed by atoms with Crippen LogP contribution in [0.25, 0.3) is 0 Å². The molecule has 0 aliphatic rings. The van der Waals surface area contributed by atoms with Gasteiger partial charge in [0.25, 0.3) is 0 Å². The fourth-order valence-corrected chi connectivity index (χ4v) is 0.918. The number of hydrogen-bond acceptors (Lipinski definition) is 3. The lowest BCUT2D eigenvalue weighted by Crippen LogP contribution is -2.32. The molecule has 1 atom stereocenters. The summed E-state index contributed by atoms with van der Waals surface area (Å²) in [4.78, 5) is 12.0. The van der Waals surface area contributed by atoms with Gasteiger partial charge in [-0.15, -0.1) is 0 Å². The zero-order valence-electron chi connectivity index (χ0n) is 7.91. The molecule has 0 amide bonds. The SMILES string of the molecule is CCCCC(OC(=O)O)N(C)C. The summed E-state index contributed by atoms with van der Waals surface area (Å²) in [6.07, 6.45) is 1.28. The molecule has 0 aliphatic carbocycles. The molecule has 0 rings (SSSR count). The largest absolute Gasteiger partial charge is 0.507 e. The lowest BCUT2D eigenvalue weighted by atomic mass is 10.2. The van der Waals surface area contributed by atoms with Gasteiger partial charge in [0.1, 0.15) is 0 Å². The van der Waals surface area contributed by atoms with Crippen LogP contribution >= 0.6 is 0 Å². The highest BCUT2D eigenvalue weighted by Crippen LogP contribution is 2.06. The highest BCUT2D eigenvalue weighted by atomic mass is 16.7. The first-order chi connectivity index (χ1) is 5.57. The van der Waals surface area contributed by atoms with Crippen molar-refractivity contribution in [2.24, 2.45) is 0 Å². The Bertz CT molecular complexity index is 136. The Hall–Kier alpha value is -0.770. The van der Waals surface area contributed by atoms with Crippen molar-refractivity contribution < 1.29 is 14.6 Å². The summed E-state index contributed by atoms with van der Waals surface area (Å²) in [6.45, 7) is 2.06. The van der Waals surface area contributed by atoms with E-state index < -0.39 is 6.16 Å². The first-order valence-corrected chi connectivity index (χ1v) is 4.14. The van der Waals surface area contributed by atoms with E-state index in [2.05, 4.69) is 11.7 Å². The van der Waals surface area contributed by atoms with E-state index in [-0.39, 0.29) is 6.23 Å². The zero-order chi connectivity index (χ0) is 9.56. The molecular weight excluding hydrogens is 158 g/mol. The van der Waals surface area contributed by atoms with Crippen LogP contribution in [0.1, 0.15) is 26.2 Å². The van der Waals surface area contributed by atoms with E-state index in [0.717, 1.165) is 19.3 Å². The van der Waals surface area contributed by atoms with Crippen molar-refractivity contribution in [2.75, 3.05) is 14.1 Å². The Labute approximate surface area is 73.1 Å². The van der Waals surface area contributed by atoms with Gasteiger partial charge in [-0.3, -0.25) is 4.90 Å². The van der Waals surface area contributed by atoms with E-state index in [1.165, 1.54) is 0 Å². The summed E-state index contributed by atoms with van der Waals surface area (Å²) in [5.74, 6) is 0. The molecule has 12 heavy (non-hydrogen) atoms. The third kappa shape index (κ3) is 4.96. The molecule has 0 aromatic rings. The first-order valence-electron chi connectivity index (χ1n) is 4.14. The van der Waals surface area contributed by atoms with Crippen molar-refractivity contribution in [3.05, 3.63) is 0 Å². The Morgan fingerprint density at radius 2 is 2.17 bits per heavy atom. The maximum atomic E-state index is 10.2. The number of hydrogen-bond donors (Lipinski definition) is 1. The second-order valence-corrected chi connectivity index (χ2v) is 2.94. The molecule has 0 radical (unpaired) electrons. The molecule has 0 saturated heterocycles. The summed E-state index contributed by atoms with van der Waals surface area (Å²) in [7, 11) is 3.62. The standard InChI is InChI=1S/C8H17NO3/c1-4-5-6-7(9(2)3)12-8(10)11/h7H,4-6H2,1-3H3,(H,10,11). The van der Waals surface area contributed by atoms with Crippen LogP contribution in [0.15, 0.2) is 0 Å². The molecule has 0 aromatic carbocycles. The van der Waals surface area contributed by atoms with Gasteiger partial charge >= 0.3 is 6.16 Å². The van der Waals surface area contributed by atoms with Crippen LogP contribution in [0, 0.1) is 0 Å². The second-order valence-electron chi connectivity index (χ2n) is 2.94. The lowest BCUT2D eigenvalue weighted by molar-refractivity contribution is -0.0189. The molecule has 0 spiro atoms. The number of carbonyl (C=O) groups is 1. The van der Waals surface area contributed by atoms with E-state index >= 15 is 0 Å². The van der Waals surface area contributed by atoms with Gasteiger partial charge in [0.15, 0.2) is 6.23 Å². The number of unbranched alkanes of at least 4 members (excludes halogenated alkanes) is 1. The van der Waals surface area contributed by atoms with Crippen molar-refractivity contribution in [1.29, 1.82) is 0 Å². The van der Waals surface area contributed by atoms with Gasteiger partial charge in [-0.2, -0.15) is 0 Å². The lowest BCUT2D eigenvalue weighted by Gasteiger charge is -2.22. The normalized spacial score (nSPS) is 13.0. The van der Waals surface area contributed by atoms with Gasteiger partial charge < -0.3 is 9.84 Å². The van der Waals surface area contributed by atoms with E-state index in [4.69, 9.17) is 5.11 Å². The third-order valence-electron chi connectivity index (χ3n) is 1.62. The smallest absolute Gasteiger partial charge is 0.450 e. The minimum Gasteiger partial charge on any atom is -0.450 e. The minimum atomic E-state index is -1.20. The van der Waals surface area contributed by atoms with E-state index in [1.807, 2.05) is 14.1 Å². The zero-order valence-corrected chi connectivity index (χ0v) is 7.91. The van der Waals surface area contributed by atoms with Gasteiger partial charge in [-0.1, -0.05) is 13.3 Å². The molecule has 0 heterocycles. The molecular formula is C8H17NO3. The summed E-state index contributed by atoms with van der Waals surface area (Å²) < 4.78 is 4.66. The van der Waals surface area contributed by atoms with Crippen LogP contribution in [0.2, 0.25) is 0 Å². The van der Waals surface area contributed by atoms with E-state index in [1.54, 1.807) is 4.90 Å². The van der Waals surface area contributed by atoms with Crippen LogP contribution in [0.3, 0.4) is 0 Å². The van der Waals surface area contributed by atoms with E-state index in [0.29, 0.717) is 0 Å². The maximum absolute atomic E-state index is 10.2. The summed E-state index contributed by atoms with van der Waals surface area (Å²) in [5, 5.41) is 8.38. The maximum Gasteiger partial charge on any atom is 0.507 e. The molecule has 4 heteroatoms. The van der Waals surface area contributed by atoms with Gasteiger partial charge in [-0.25, -0.2) is 4.79 Å². The Morgan fingerprint density at radius 3 is 2.50 bits per heavy atom. The van der Waals surface area contributed by atoms with Crippen LogP contribution in [-0.4, -0.2) is 36.5 Å². The van der Waals surface area contributed by atoms with Crippen LogP contribution in [-0.2, 0) is 4.74 Å². The Kier molecular flexibility index (Phi) is 5.45. The molecule has 72 valence electrons. The number of carboxylic acid groups (broad SMARTS) is 1. The number of ether oxygens (including phenoxy) is 1. The minimum absolute atomic E-state index is 0.303. The molecule has 0 saturated carbocycles. The molecule has 1 unspecified atom stereocenters. The van der Waals surface area contributed by atoms with Gasteiger partial charge in [0, 0.05) is 0 Å². The average Bonchev–Trinajstić information content (AvgIpc) is 1.96. The predicted octanol–water partition coefficient (Wildman–Crippen LogP) is 1.76. The molecule has 4 nitrogen and oxygen atoms in total. The summed E-state index contributed by atoms with van der Waals surface area (Å²) in [5.41, 5.74) is 0. The van der Waals surface area contributed by atoms with E-state index in [9.17, 15) is 4.79 Å². The highest BCUT2D eigenvalue weighted by Gasteiger charge is 2.14. The van der Waals surface area contributed by atoms with Crippen molar-refractivity contribution >= 4 is 6.16 Å². The summed E-state index contributed by atoms with van der Waals surface area (Å²) >= 11 is 0. The molecule has 0 aromatic heterocycles. The second kappa shape index (κ2) is 5.83. The summed E-state index contributed by atoms with van der Waals surface area (Å²) in [6, 6.07) is 0. The predicted molar refractivity (Wildman–Crippen MR) is 46.1 cm³/mol. The van der Waals surface area contributed by atoms with Crippen molar-refractivity contribution in [3.63, 3.8) is 0 Å². The molecule has 0 aliphatic heterocycles. The van der Waals surface area contributed by atoms with Crippen LogP contribution in [0.5, 0.6) is 0 Å². The molecule has 0 fully saturated rings. The number of nitrogens with zero attached hydrogens (tertiary/aromatic N) is 1. The highest BCUT2D eigenvalue weighted by molar-refractivity contribution is 5.56.